The number of hydrogen-bond donors (Lipinski definition) is 2. The van der Waals surface area contributed by atoms with E-state index >= 15 is 0 Å². The van der Waals surface area contributed by atoms with Crippen molar-refractivity contribution in [1.82, 2.24) is 0 Å². The first-order valence-corrected chi connectivity index (χ1v) is 11.8. The van der Waals surface area contributed by atoms with Crippen LogP contribution in [0.3, 0.4) is 0 Å². The van der Waals surface area contributed by atoms with Crippen LogP contribution in [0.1, 0.15) is 110 Å². The lowest BCUT2D eigenvalue weighted by molar-refractivity contribution is -0.385. The van der Waals surface area contributed by atoms with E-state index in [9.17, 15) is 10.1 Å². The Morgan fingerprint density at radius 2 is 1.14 bits per heavy atom. The Labute approximate surface area is 178 Å². The number of phenols is 1. The van der Waals surface area contributed by atoms with Gasteiger partial charge in [-0.2, -0.15) is 0 Å². The Balaban J connectivity index is 0.000000651. The van der Waals surface area contributed by atoms with Crippen LogP contribution in [-0.4, -0.2) is 16.6 Å². The molecule has 168 valence electrons. The average Bonchev–Trinajstić information content (AvgIpc) is 2.71. The number of unbranched alkanes of at least 4 members (excludes halogenated alkanes) is 15. The Hall–Kier alpha value is -1.62. The van der Waals surface area contributed by atoms with Crippen molar-refractivity contribution in [2.24, 2.45) is 5.73 Å². The van der Waals surface area contributed by atoms with Crippen molar-refractivity contribution < 1.29 is 10.0 Å². The van der Waals surface area contributed by atoms with Crippen LogP contribution in [0.15, 0.2) is 24.3 Å². The van der Waals surface area contributed by atoms with Gasteiger partial charge in [0.1, 0.15) is 0 Å². The zero-order valence-corrected chi connectivity index (χ0v) is 18.6. The molecule has 0 saturated carbocycles. The molecule has 5 nitrogen and oxygen atoms in total. The fourth-order valence-electron chi connectivity index (χ4n) is 3.31. The smallest absolute Gasteiger partial charge is 0.310 e. The van der Waals surface area contributed by atoms with Gasteiger partial charge in [-0.25, -0.2) is 0 Å². The fraction of sp³-hybridized carbons (Fsp3) is 0.750. The largest absolute Gasteiger partial charge is 0.502 e. The summed E-state index contributed by atoms with van der Waals surface area (Å²) in [6.07, 6.45) is 22.9. The third kappa shape index (κ3) is 18.2. The number of nitrogens with zero attached hydrogens (tertiary/aromatic N) is 1. The molecule has 0 aliphatic heterocycles. The van der Waals surface area contributed by atoms with Crippen molar-refractivity contribution in [3.63, 3.8) is 0 Å². The SMILES string of the molecule is CCCCCCCCCCCCCCCCCCN.O=[N+]([O-])c1ccccc1O. The van der Waals surface area contributed by atoms with Gasteiger partial charge in [0.05, 0.1) is 4.92 Å². The van der Waals surface area contributed by atoms with Gasteiger partial charge in [0.2, 0.25) is 0 Å². The topological polar surface area (TPSA) is 89.4 Å². The monoisotopic (exact) mass is 408 g/mol. The Kier molecular flexibility index (Phi) is 19.9. The summed E-state index contributed by atoms with van der Waals surface area (Å²) in [5.41, 5.74) is 5.22. The predicted molar refractivity (Wildman–Crippen MR) is 123 cm³/mol. The average molecular weight is 409 g/mol. The molecule has 29 heavy (non-hydrogen) atoms. The molecule has 0 radical (unpaired) electrons. The van der Waals surface area contributed by atoms with Crippen LogP contribution in [0.5, 0.6) is 5.75 Å². The summed E-state index contributed by atoms with van der Waals surface area (Å²) >= 11 is 0. The minimum Gasteiger partial charge on any atom is -0.502 e. The van der Waals surface area contributed by atoms with Gasteiger partial charge in [-0.1, -0.05) is 115 Å². The standard InChI is InChI=1S/C18H39N.C6H5NO3/c1-2-3-4-5-6-7-8-9-10-11-12-13-14-15-16-17-18-19;8-6-4-2-1-3-5(6)7(9)10/h2-19H2,1H3;1-4,8H. The Morgan fingerprint density at radius 3 is 1.45 bits per heavy atom. The molecule has 0 unspecified atom stereocenters. The van der Waals surface area contributed by atoms with Gasteiger partial charge >= 0.3 is 5.69 Å². The number of para-hydroxylation sites is 2. The number of nitrogens with two attached hydrogens (primary N) is 1. The highest BCUT2D eigenvalue weighted by atomic mass is 16.6. The van der Waals surface area contributed by atoms with E-state index in [4.69, 9.17) is 10.8 Å². The van der Waals surface area contributed by atoms with E-state index in [1.54, 1.807) is 0 Å². The second-order valence-electron chi connectivity index (χ2n) is 7.84. The molecule has 0 heterocycles. The van der Waals surface area contributed by atoms with Crippen LogP contribution in [0.2, 0.25) is 0 Å². The summed E-state index contributed by atoms with van der Waals surface area (Å²) in [5, 5.41) is 18.9. The Bertz CT molecular complexity index is 479. The van der Waals surface area contributed by atoms with Crippen molar-refractivity contribution >= 4 is 5.69 Å². The van der Waals surface area contributed by atoms with E-state index in [0.29, 0.717) is 0 Å². The summed E-state index contributed by atoms with van der Waals surface area (Å²) in [6, 6.07) is 5.55. The quantitative estimate of drug-likeness (QED) is 0.158. The van der Waals surface area contributed by atoms with Crippen molar-refractivity contribution in [1.29, 1.82) is 0 Å². The first-order valence-electron chi connectivity index (χ1n) is 11.8. The van der Waals surface area contributed by atoms with Crippen LogP contribution in [0, 0.1) is 10.1 Å². The van der Waals surface area contributed by atoms with Crippen molar-refractivity contribution in [2.45, 2.75) is 110 Å². The second kappa shape index (κ2) is 21.1. The minimum absolute atomic E-state index is 0.262. The molecule has 0 atom stereocenters. The number of nitro groups is 1. The van der Waals surface area contributed by atoms with Crippen LogP contribution in [-0.2, 0) is 0 Å². The van der Waals surface area contributed by atoms with Crippen molar-refractivity contribution in [2.75, 3.05) is 6.54 Å². The third-order valence-electron chi connectivity index (χ3n) is 5.14. The van der Waals surface area contributed by atoms with E-state index in [-0.39, 0.29) is 11.4 Å². The van der Waals surface area contributed by atoms with Crippen molar-refractivity contribution in [3.8, 4) is 5.75 Å². The van der Waals surface area contributed by atoms with Gasteiger partial charge in [0, 0.05) is 6.07 Å². The molecular weight excluding hydrogens is 364 g/mol. The molecule has 0 bridgehead atoms. The highest BCUT2D eigenvalue weighted by Gasteiger charge is 2.09. The van der Waals surface area contributed by atoms with Gasteiger partial charge in [-0.15, -0.1) is 0 Å². The maximum atomic E-state index is 10.1. The van der Waals surface area contributed by atoms with Gasteiger partial charge in [0.25, 0.3) is 0 Å². The normalized spacial score (nSPS) is 10.4. The molecule has 0 fully saturated rings. The number of rotatable bonds is 17. The zero-order chi connectivity index (χ0) is 21.6. The summed E-state index contributed by atoms with van der Waals surface area (Å²) < 4.78 is 0. The molecular formula is C24H44N2O3. The lowest BCUT2D eigenvalue weighted by Gasteiger charge is -2.03. The van der Waals surface area contributed by atoms with Gasteiger partial charge in [-0.05, 0) is 19.0 Å². The summed E-state index contributed by atoms with van der Waals surface area (Å²) in [4.78, 5) is 9.44. The van der Waals surface area contributed by atoms with Gasteiger partial charge in [0.15, 0.2) is 5.75 Å². The first-order chi connectivity index (χ1) is 14.1. The van der Waals surface area contributed by atoms with Crippen LogP contribution in [0.4, 0.5) is 5.69 Å². The number of hydrogen-bond acceptors (Lipinski definition) is 4. The fourth-order valence-corrected chi connectivity index (χ4v) is 3.31. The molecule has 5 heteroatoms. The Morgan fingerprint density at radius 1 is 0.759 bits per heavy atom. The lowest BCUT2D eigenvalue weighted by atomic mass is 10.0. The minimum atomic E-state index is -0.630. The highest BCUT2D eigenvalue weighted by Crippen LogP contribution is 2.23. The molecule has 0 aliphatic carbocycles. The van der Waals surface area contributed by atoms with Crippen molar-refractivity contribution in [3.05, 3.63) is 34.4 Å². The second-order valence-corrected chi connectivity index (χ2v) is 7.84. The van der Waals surface area contributed by atoms with Crippen LogP contribution >= 0.6 is 0 Å². The number of phenolic OH excluding ortho intramolecular Hbond substituents is 1. The molecule has 1 aromatic rings. The number of aromatic hydroxyl groups is 1. The molecule has 0 saturated heterocycles. The lowest BCUT2D eigenvalue weighted by Crippen LogP contribution is -1.97. The van der Waals surface area contributed by atoms with Crippen LogP contribution < -0.4 is 5.73 Å². The van der Waals surface area contributed by atoms with E-state index < -0.39 is 4.92 Å². The van der Waals surface area contributed by atoms with E-state index in [1.165, 1.54) is 127 Å². The first kappa shape index (κ1) is 27.4. The molecule has 1 rings (SSSR count). The van der Waals surface area contributed by atoms with Crippen LogP contribution in [0.25, 0.3) is 0 Å². The molecule has 0 aliphatic rings. The number of nitro benzene ring substituents is 1. The maximum absolute atomic E-state index is 10.1. The number of benzene rings is 1. The summed E-state index contributed by atoms with van der Waals surface area (Å²) in [7, 11) is 0. The third-order valence-corrected chi connectivity index (χ3v) is 5.14. The summed E-state index contributed by atoms with van der Waals surface area (Å²) in [5.74, 6) is -0.299. The van der Waals surface area contributed by atoms with E-state index in [2.05, 4.69) is 6.92 Å². The highest BCUT2D eigenvalue weighted by molar-refractivity contribution is 5.44. The van der Waals surface area contributed by atoms with Gasteiger partial charge < -0.3 is 10.8 Å². The van der Waals surface area contributed by atoms with E-state index in [0.717, 1.165) is 6.54 Å². The predicted octanol–water partition coefficient (Wildman–Crippen LogP) is 7.51. The zero-order valence-electron chi connectivity index (χ0n) is 18.6. The summed E-state index contributed by atoms with van der Waals surface area (Å²) in [6.45, 7) is 3.16. The van der Waals surface area contributed by atoms with Gasteiger partial charge in [-0.3, -0.25) is 10.1 Å². The molecule has 1 aromatic carbocycles. The maximum Gasteiger partial charge on any atom is 0.310 e. The molecule has 0 amide bonds. The molecule has 3 N–H and O–H groups in total. The molecule has 0 spiro atoms. The van der Waals surface area contributed by atoms with E-state index in [1.807, 2.05) is 0 Å². The molecule has 0 aromatic heterocycles.